The molecule has 0 saturated heterocycles. The highest BCUT2D eigenvalue weighted by molar-refractivity contribution is 6.31. The first-order chi connectivity index (χ1) is 9.22. The maximum Gasteiger partial charge on any atom is 0.165 e. The number of benzene rings is 1. The van der Waals surface area contributed by atoms with Crippen molar-refractivity contribution in [2.75, 3.05) is 40.6 Å². The van der Waals surface area contributed by atoms with Gasteiger partial charge in [-0.05, 0) is 6.07 Å². The van der Waals surface area contributed by atoms with Crippen molar-refractivity contribution < 1.29 is 18.9 Å². The van der Waals surface area contributed by atoms with E-state index in [0.29, 0.717) is 48.8 Å². The molecular formula is C13H18Cl2O4. The molecule has 0 N–H and O–H groups in total. The van der Waals surface area contributed by atoms with Gasteiger partial charge in [0.2, 0.25) is 0 Å². The Morgan fingerprint density at radius 3 is 2.42 bits per heavy atom. The molecule has 0 atom stereocenters. The fourth-order valence-corrected chi connectivity index (χ4v) is 1.91. The van der Waals surface area contributed by atoms with Crippen LogP contribution in [0.25, 0.3) is 0 Å². The molecule has 4 nitrogen and oxygen atoms in total. The molecule has 0 fully saturated rings. The summed E-state index contributed by atoms with van der Waals surface area (Å²) in [5.41, 5.74) is 0.794. The molecule has 6 heteroatoms. The van der Waals surface area contributed by atoms with Crippen molar-refractivity contribution in [2.24, 2.45) is 0 Å². The molecule has 0 heterocycles. The van der Waals surface area contributed by atoms with Gasteiger partial charge in [0.25, 0.3) is 0 Å². The molecule has 0 aromatic heterocycles. The van der Waals surface area contributed by atoms with Crippen molar-refractivity contribution in [1.82, 2.24) is 0 Å². The van der Waals surface area contributed by atoms with Crippen LogP contribution < -0.4 is 9.47 Å². The van der Waals surface area contributed by atoms with Gasteiger partial charge in [0, 0.05) is 23.8 Å². The van der Waals surface area contributed by atoms with Gasteiger partial charge in [-0.25, -0.2) is 0 Å². The van der Waals surface area contributed by atoms with E-state index in [1.807, 2.05) is 0 Å². The summed E-state index contributed by atoms with van der Waals surface area (Å²) in [7, 11) is 3.19. The summed E-state index contributed by atoms with van der Waals surface area (Å²) in [4.78, 5) is 0. The summed E-state index contributed by atoms with van der Waals surface area (Å²) in [6.45, 7) is 1.99. The topological polar surface area (TPSA) is 36.9 Å². The molecule has 0 aliphatic heterocycles. The van der Waals surface area contributed by atoms with E-state index in [0.717, 1.165) is 5.56 Å². The van der Waals surface area contributed by atoms with Crippen molar-refractivity contribution >= 4 is 23.2 Å². The molecule has 1 aromatic carbocycles. The molecule has 0 unspecified atom stereocenters. The molecule has 19 heavy (non-hydrogen) atoms. The van der Waals surface area contributed by atoms with Crippen LogP contribution in [0.2, 0.25) is 5.02 Å². The van der Waals surface area contributed by atoms with Crippen LogP contribution in [0.5, 0.6) is 11.5 Å². The third-order valence-corrected chi connectivity index (χ3v) is 2.87. The third kappa shape index (κ3) is 5.45. The van der Waals surface area contributed by atoms with Crippen molar-refractivity contribution in [3.63, 3.8) is 0 Å². The van der Waals surface area contributed by atoms with Crippen molar-refractivity contribution in [1.29, 1.82) is 0 Å². The van der Waals surface area contributed by atoms with Crippen LogP contribution in [0.4, 0.5) is 0 Å². The molecule has 0 bridgehead atoms. The highest BCUT2D eigenvalue weighted by Crippen LogP contribution is 2.35. The van der Waals surface area contributed by atoms with Crippen LogP contribution in [-0.2, 0) is 15.4 Å². The minimum absolute atomic E-state index is 0.302. The van der Waals surface area contributed by atoms with E-state index in [4.69, 9.17) is 42.1 Å². The maximum atomic E-state index is 5.97. The molecule has 1 rings (SSSR count). The molecule has 0 amide bonds. The molecule has 0 saturated carbocycles. The Balaban J connectivity index is 2.56. The van der Waals surface area contributed by atoms with Crippen LogP contribution in [0.1, 0.15) is 5.56 Å². The highest BCUT2D eigenvalue weighted by atomic mass is 35.5. The average Bonchev–Trinajstić information content (AvgIpc) is 2.43. The lowest BCUT2D eigenvalue weighted by Gasteiger charge is -2.14. The normalized spacial score (nSPS) is 10.5. The smallest absolute Gasteiger partial charge is 0.165 e. The molecular weight excluding hydrogens is 291 g/mol. The molecule has 1 aromatic rings. The van der Waals surface area contributed by atoms with E-state index < -0.39 is 0 Å². The van der Waals surface area contributed by atoms with Gasteiger partial charge in [0.15, 0.2) is 11.5 Å². The summed E-state index contributed by atoms with van der Waals surface area (Å²) in [6.07, 6.45) is 0. The first-order valence-corrected chi connectivity index (χ1v) is 6.76. The second kappa shape index (κ2) is 9.26. The summed E-state index contributed by atoms with van der Waals surface area (Å²) in [6, 6.07) is 3.46. The van der Waals surface area contributed by atoms with Crippen LogP contribution >= 0.6 is 23.2 Å². The van der Waals surface area contributed by atoms with Crippen LogP contribution in [0.15, 0.2) is 12.1 Å². The standard InChI is InChI=1S/C13H18Cl2O4/c1-16-3-4-18-5-6-19-13-10(9-14)7-11(15)8-12(13)17-2/h7-8H,3-6,9H2,1-2H3. The minimum atomic E-state index is 0.302. The molecule has 0 aliphatic carbocycles. The van der Waals surface area contributed by atoms with Gasteiger partial charge in [0.1, 0.15) is 6.61 Å². The Bertz CT molecular complexity index is 360. The van der Waals surface area contributed by atoms with E-state index in [1.54, 1.807) is 26.4 Å². The SMILES string of the molecule is COCCOCCOc1c(CCl)cc(Cl)cc1OC. The number of alkyl halides is 1. The number of methoxy groups -OCH3 is 2. The van der Waals surface area contributed by atoms with E-state index >= 15 is 0 Å². The van der Waals surface area contributed by atoms with Gasteiger partial charge in [-0.1, -0.05) is 11.6 Å². The predicted octanol–water partition coefficient (Wildman–Crippen LogP) is 3.13. The number of hydrogen-bond donors (Lipinski definition) is 0. The summed E-state index contributed by atoms with van der Waals surface area (Å²) >= 11 is 11.8. The lowest BCUT2D eigenvalue weighted by atomic mass is 10.2. The zero-order valence-corrected chi connectivity index (χ0v) is 12.6. The third-order valence-electron chi connectivity index (χ3n) is 2.37. The van der Waals surface area contributed by atoms with Gasteiger partial charge in [-0.3, -0.25) is 0 Å². The molecule has 0 aliphatic rings. The van der Waals surface area contributed by atoms with Crippen LogP contribution in [-0.4, -0.2) is 40.6 Å². The average molecular weight is 309 g/mol. The van der Waals surface area contributed by atoms with Gasteiger partial charge in [-0.2, -0.15) is 0 Å². The summed E-state index contributed by atoms with van der Waals surface area (Å²) < 4.78 is 21.1. The Morgan fingerprint density at radius 2 is 1.79 bits per heavy atom. The largest absolute Gasteiger partial charge is 0.493 e. The summed E-state index contributed by atoms with van der Waals surface area (Å²) in [5.74, 6) is 1.48. The van der Waals surface area contributed by atoms with Crippen LogP contribution in [0, 0.1) is 0 Å². The second-order valence-corrected chi connectivity index (χ2v) is 4.39. The van der Waals surface area contributed by atoms with Gasteiger partial charge < -0.3 is 18.9 Å². The molecule has 0 spiro atoms. The molecule has 0 radical (unpaired) electrons. The number of halogens is 2. The summed E-state index contributed by atoms with van der Waals surface area (Å²) in [5, 5.41) is 0.566. The Kier molecular flexibility index (Phi) is 7.98. The zero-order valence-electron chi connectivity index (χ0n) is 11.1. The maximum absolute atomic E-state index is 5.97. The lowest BCUT2D eigenvalue weighted by Crippen LogP contribution is -2.11. The number of rotatable bonds is 9. The Labute approximate surface area is 123 Å². The van der Waals surface area contributed by atoms with Crippen molar-refractivity contribution in [3.05, 3.63) is 22.7 Å². The number of ether oxygens (including phenoxy) is 4. The monoisotopic (exact) mass is 308 g/mol. The fraction of sp³-hybridized carbons (Fsp3) is 0.538. The van der Waals surface area contributed by atoms with Crippen molar-refractivity contribution in [2.45, 2.75) is 5.88 Å². The van der Waals surface area contributed by atoms with Crippen LogP contribution in [0.3, 0.4) is 0 Å². The van der Waals surface area contributed by atoms with Gasteiger partial charge in [0.05, 0.1) is 32.8 Å². The quantitative estimate of drug-likeness (QED) is 0.519. The first kappa shape index (κ1) is 16.4. The first-order valence-electron chi connectivity index (χ1n) is 5.84. The second-order valence-electron chi connectivity index (χ2n) is 3.68. The van der Waals surface area contributed by atoms with E-state index in [-0.39, 0.29) is 0 Å². The minimum Gasteiger partial charge on any atom is -0.493 e. The van der Waals surface area contributed by atoms with Gasteiger partial charge >= 0.3 is 0 Å². The predicted molar refractivity (Wildman–Crippen MR) is 75.8 cm³/mol. The van der Waals surface area contributed by atoms with E-state index in [2.05, 4.69) is 0 Å². The Morgan fingerprint density at radius 1 is 1.05 bits per heavy atom. The van der Waals surface area contributed by atoms with Gasteiger partial charge in [-0.15, -0.1) is 11.6 Å². The van der Waals surface area contributed by atoms with E-state index in [9.17, 15) is 0 Å². The zero-order chi connectivity index (χ0) is 14.1. The number of hydrogen-bond acceptors (Lipinski definition) is 4. The lowest BCUT2D eigenvalue weighted by molar-refractivity contribution is 0.0538. The highest BCUT2D eigenvalue weighted by Gasteiger charge is 2.12. The fourth-order valence-electron chi connectivity index (χ4n) is 1.48. The van der Waals surface area contributed by atoms with Crippen molar-refractivity contribution in [3.8, 4) is 11.5 Å². The molecule has 108 valence electrons. The van der Waals surface area contributed by atoms with E-state index in [1.165, 1.54) is 0 Å². The Hall–Kier alpha value is -0.680.